The van der Waals surface area contributed by atoms with Crippen molar-refractivity contribution in [2.45, 2.75) is 11.6 Å². The third-order valence-corrected chi connectivity index (χ3v) is 6.26. The minimum Gasteiger partial charge on any atom is -0.345 e. The van der Waals surface area contributed by atoms with Crippen molar-refractivity contribution < 1.29 is 12.8 Å². The van der Waals surface area contributed by atoms with Crippen LogP contribution in [-0.2, 0) is 16.6 Å². The quantitative estimate of drug-likeness (QED) is 0.430. The van der Waals surface area contributed by atoms with E-state index in [9.17, 15) is 12.8 Å². The molecule has 142 valence electrons. The highest BCUT2D eigenvalue weighted by molar-refractivity contribution is 9.10. The van der Waals surface area contributed by atoms with Gasteiger partial charge < -0.3 is 4.98 Å². The van der Waals surface area contributed by atoms with Crippen molar-refractivity contribution >= 4 is 36.9 Å². The lowest BCUT2D eigenvalue weighted by molar-refractivity contribution is 0.578. The number of aromatic amines is 1. The third-order valence-electron chi connectivity index (χ3n) is 4.45. The van der Waals surface area contributed by atoms with Gasteiger partial charge in [-0.2, -0.15) is 0 Å². The molecule has 0 radical (unpaired) electrons. The molecule has 0 aliphatic carbocycles. The molecule has 1 aromatic heterocycles. The number of halogens is 2. The van der Waals surface area contributed by atoms with Crippen molar-refractivity contribution in [3.05, 3.63) is 88.6 Å². The summed E-state index contributed by atoms with van der Waals surface area (Å²) in [5, 5.41) is 0.946. The maximum Gasteiger partial charge on any atom is 0.256 e. The molecule has 0 fully saturated rings. The van der Waals surface area contributed by atoms with Crippen molar-refractivity contribution in [2.24, 2.45) is 0 Å². The van der Waals surface area contributed by atoms with Gasteiger partial charge in [0, 0.05) is 21.9 Å². The summed E-state index contributed by atoms with van der Waals surface area (Å²) in [6.45, 7) is 0.172. The molecule has 0 amide bonds. The van der Waals surface area contributed by atoms with Crippen molar-refractivity contribution in [1.82, 2.24) is 9.71 Å². The fourth-order valence-corrected chi connectivity index (χ4v) is 4.35. The average molecular weight is 459 g/mol. The molecule has 3 aromatic carbocycles. The maximum atomic E-state index is 13.0. The van der Waals surface area contributed by atoms with Crippen LogP contribution in [-0.4, -0.2) is 13.4 Å². The largest absolute Gasteiger partial charge is 0.345 e. The molecule has 0 spiro atoms. The highest BCUT2D eigenvalue weighted by Crippen LogP contribution is 2.23. The summed E-state index contributed by atoms with van der Waals surface area (Å²) < 4.78 is 41.7. The maximum absolute atomic E-state index is 13.0. The van der Waals surface area contributed by atoms with Crippen molar-refractivity contribution in [3.8, 4) is 11.1 Å². The molecule has 0 atom stereocenters. The van der Waals surface area contributed by atoms with Gasteiger partial charge in [0.05, 0.1) is 0 Å². The molecule has 0 saturated carbocycles. The summed E-state index contributed by atoms with van der Waals surface area (Å²) in [7, 11) is -3.66. The fraction of sp³-hybridized carbons (Fsp3) is 0.0476. The zero-order valence-corrected chi connectivity index (χ0v) is 17.0. The Morgan fingerprint density at radius 1 is 0.893 bits per heavy atom. The standard InChI is InChI=1S/C21H16BrFN2O2S/c22-18-7-10-20-17(11-18)12-21(25-20)28(26,27)24-13-14-1-3-15(4-2-14)16-5-8-19(23)9-6-16/h1-12,24-25H,13H2. The SMILES string of the molecule is O=S(=O)(NCc1ccc(-c2ccc(F)cc2)cc1)c1cc2cc(Br)ccc2[nH]1. The van der Waals surface area contributed by atoms with Gasteiger partial charge in [-0.1, -0.05) is 52.3 Å². The van der Waals surface area contributed by atoms with E-state index in [2.05, 4.69) is 25.6 Å². The second kappa shape index (κ2) is 7.50. The van der Waals surface area contributed by atoms with Crippen LogP contribution in [0.15, 0.2) is 82.3 Å². The summed E-state index contributed by atoms with van der Waals surface area (Å²) in [4.78, 5) is 2.93. The lowest BCUT2D eigenvalue weighted by atomic mass is 10.0. The van der Waals surface area contributed by atoms with Gasteiger partial charge in [0.1, 0.15) is 10.8 Å². The van der Waals surface area contributed by atoms with E-state index < -0.39 is 10.0 Å². The van der Waals surface area contributed by atoms with Gasteiger partial charge in [0.15, 0.2) is 0 Å². The molecule has 0 bridgehead atoms. The number of hydrogen-bond donors (Lipinski definition) is 2. The Labute approximate surface area is 170 Å². The highest BCUT2D eigenvalue weighted by Gasteiger charge is 2.16. The van der Waals surface area contributed by atoms with E-state index >= 15 is 0 Å². The van der Waals surface area contributed by atoms with Crippen LogP contribution in [0, 0.1) is 5.82 Å². The monoisotopic (exact) mass is 458 g/mol. The summed E-state index contributed by atoms with van der Waals surface area (Å²) in [6, 6.07) is 20.9. The number of fused-ring (bicyclic) bond motifs is 1. The van der Waals surface area contributed by atoms with Gasteiger partial charge in [-0.3, -0.25) is 0 Å². The average Bonchev–Trinajstić information content (AvgIpc) is 3.12. The number of benzene rings is 3. The summed E-state index contributed by atoms with van der Waals surface area (Å²) in [5.74, 6) is -0.279. The second-order valence-corrected chi connectivity index (χ2v) is 9.04. The van der Waals surface area contributed by atoms with E-state index in [1.807, 2.05) is 42.5 Å². The Hall–Kier alpha value is -2.48. The van der Waals surface area contributed by atoms with Crippen LogP contribution in [0.25, 0.3) is 22.0 Å². The van der Waals surface area contributed by atoms with Gasteiger partial charge in [-0.05, 0) is 53.1 Å². The number of aromatic nitrogens is 1. The number of rotatable bonds is 5. The molecule has 1 heterocycles. The number of nitrogens with one attached hydrogen (secondary N) is 2. The van der Waals surface area contributed by atoms with E-state index in [1.54, 1.807) is 18.2 Å². The third kappa shape index (κ3) is 4.01. The van der Waals surface area contributed by atoms with E-state index in [1.165, 1.54) is 12.1 Å². The lowest BCUT2D eigenvalue weighted by Gasteiger charge is -2.07. The minimum atomic E-state index is -3.66. The predicted octanol–water partition coefficient (Wildman–Crippen LogP) is 5.22. The zero-order chi connectivity index (χ0) is 19.7. The Balaban J connectivity index is 1.48. The van der Waals surface area contributed by atoms with Crippen LogP contribution >= 0.6 is 15.9 Å². The molecule has 0 aliphatic heterocycles. The lowest BCUT2D eigenvalue weighted by Crippen LogP contribution is -2.23. The normalized spacial score (nSPS) is 11.8. The van der Waals surface area contributed by atoms with Crippen LogP contribution in [0.2, 0.25) is 0 Å². The summed E-state index contributed by atoms with van der Waals surface area (Å²) in [6.07, 6.45) is 0. The van der Waals surface area contributed by atoms with E-state index in [4.69, 9.17) is 0 Å². The number of H-pyrrole nitrogens is 1. The van der Waals surface area contributed by atoms with Crippen LogP contribution in [0.4, 0.5) is 4.39 Å². The Bertz CT molecular complexity index is 1230. The van der Waals surface area contributed by atoms with Gasteiger partial charge in [0.2, 0.25) is 0 Å². The van der Waals surface area contributed by atoms with Gasteiger partial charge in [0.25, 0.3) is 10.0 Å². The zero-order valence-electron chi connectivity index (χ0n) is 14.6. The topological polar surface area (TPSA) is 62.0 Å². The van der Waals surface area contributed by atoms with Gasteiger partial charge >= 0.3 is 0 Å². The molecule has 0 unspecified atom stereocenters. The van der Waals surface area contributed by atoms with Crippen molar-refractivity contribution in [2.75, 3.05) is 0 Å². The number of sulfonamides is 1. The first kappa shape index (κ1) is 18.9. The van der Waals surface area contributed by atoms with Crippen molar-refractivity contribution in [3.63, 3.8) is 0 Å². The molecular weight excluding hydrogens is 443 g/mol. The van der Waals surface area contributed by atoms with E-state index in [-0.39, 0.29) is 17.4 Å². The molecule has 0 aliphatic rings. The molecule has 4 aromatic rings. The van der Waals surface area contributed by atoms with Crippen LogP contribution < -0.4 is 4.72 Å². The number of hydrogen-bond acceptors (Lipinski definition) is 2. The van der Waals surface area contributed by atoms with E-state index in [0.717, 1.165) is 32.1 Å². The van der Waals surface area contributed by atoms with Crippen LogP contribution in [0.5, 0.6) is 0 Å². The molecule has 2 N–H and O–H groups in total. The van der Waals surface area contributed by atoms with Crippen molar-refractivity contribution in [1.29, 1.82) is 0 Å². The molecule has 7 heteroatoms. The summed E-state index contributed by atoms with van der Waals surface area (Å²) >= 11 is 3.38. The van der Waals surface area contributed by atoms with Gasteiger partial charge in [-0.15, -0.1) is 0 Å². The molecule has 28 heavy (non-hydrogen) atoms. The second-order valence-electron chi connectivity index (χ2n) is 6.39. The molecule has 0 saturated heterocycles. The predicted molar refractivity (Wildman–Crippen MR) is 112 cm³/mol. The molecule has 4 nitrogen and oxygen atoms in total. The Morgan fingerprint density at radius 2 is 1.54 bits per heavy atom. The highest BCUT2D eigenvalue weighted by atomic mass is 79.9. The first-order valence-corrected chi connectivity index (χ1v) is 10.8. The minimum absolute atomic E-state index is 0.128. The first-order chi connectivity index (χ1) is 13.4. The fourth-order valence-electron chi connectivity index (χ4n) is 2.94. The van der Waals surface area contributed by atoms with Crippen LogP contribution in [0.3, 0.4) is 0 Å². The Kier molecular flexibility index (Phi) is 5.05. The van der Waals surface area contributed by atoms with Crippen LogP contribution in [0.1, 0.15) is 5.56 Å². The van der Waals surface area contributed by atoms with E-state index in [0.29, 0.717) is 0 Å². The molecule has 4 rings (SSSR count). The first-order valence-electron chi connectivity index (χ1n) is 8.53. The summed E-state index contributed by atoms with van der Waals surface area (Å²) in [5.41, 5.74) is 3.42. The smallest absolute Gasteiger partial charge is 0.256 e. The molecular formula is C21H16BrFN2O2S. The van der Waals surface area contributed by atoms with Gasteiger partial charge in [-0.25, -0.2) is 17.5 Å². The Morgan fingerprint density at radius 3 is 2.21 bits per heavy atom.